The largest absolute Gasteiger partial charge is 0.492 e. The van der Waals surface area contributed by atoms with Crippen molar-refractivity contribution in [3.05, 3.63) is 71.6 Å². The zero-order chi connectivity index (χ0) is 16.4. The van der Waals surface area contributed by atoms with Crippen LogP contribution < -0.4 is 4.74 Å². The molecule has 24 heavy (non-hydrogen) atoms. The summed E-state index contributed by atoms with van der Waals surface area (Å²) in [6, 6.07) is 20.6. The molecule has 0 bridgehead atoms. The van der Waals surface area contributed by atoms with Crippen LogP contribution >= 0.6 is 11.3 Å². The lowest BCUT2D eigenvalue weighted by molar-refractivity contribution is 0.300. The van der Waals surface area contributed by atoms with E-state index >= 15 is 0 Å². The molecule has 2 aromatic heterocycles. The highest BCUT2D eigenvalue weighted by Gasteiger charge is 2.13. The zero-order valence-electron chi connectivity index (χ0n) is 13.5. The SMILES string of the molecule is Cc1cccc(OCCn2c(-c3cccs3)nc3ccccc32)c1. The van der Waals surface area contributed by atoms with Gasteiger partial charge >= 0.3 is 0 Å². The Hall–Kier alpha value is -2.59. The first-order valence-electron chi connectivity index (χ1n) is 8.00. The molecule has 4 heteroatoms. The summed E-state index contributed by atoms with van der Waals surface area (Å²) in [6.07, 6.45) is 0. The first kappa shape index (κ1) is 15.0. The van der Waals surface area contributed by atoms with Gasteiger partial charge in [0.1, 0.15) is 12.4 Å². The molecule has 0 aliphatic heterocycles. The lowest BCUT2D eigenvalue weighted by Gasteiger charge is -2.10. The van der Waals surface area contributed by atoms with E-state index in [1.165, 1.54) is 10.4 Å². The van der Waals surface area contributed by atoms with Gasteiger partial charge in [0.05, 0.1) is 22.5 Å². The van der Waals surface area contributed by atoms with Crippen LogP contribution in [-0.2, 0) is 6.54 Å². The number of thiophene rings is 1. The van der Waals surface area contributed by atoms with Crippen LogP contribution in [0.1, 0.15) is 5.56 Å². The molecular formula is C20H18N2OS. The third-order valence-corrected chi connectivity index (χ3v) is 4.84. The van der Waals surface area contributed by atoms with Gasteiger partial charge in [-0.25, -0.2) is 4.98 Å². The van der Waals surface area contributed by atoms with Gasteiger partial charge in [0.25, 0.3) is 0 Å². The first-order valence-corrected chi connectivity index (χ1v) is 8.88. The Kier molecular flexibility index (Phi) is 4.05. The van der Waals surface area contributed by atoms with Gasteiger partial charge in [0.15, 0.2) is 5.82 Å². The molecule has 0 spiro atoms. The molecule has 0 aliphatic rings. The van der Waals surface area contributed by atoms with Crippen molar-refractivity contribution in [1.29, 1.82) is 0 Å². The number of ether oxygens (including phenoxy) is 1. The van der Waals surface area contributed by atoms with Crippen molar-refractivity contribution in [3.63, 3.8) is 0 Å². The Morgan fingerprint density at radius 3 is 2.79 bits per heavy atom. The van der Waals surface area contributed by atoms with Gasteiger partial charge in [-0.3, -0.25) is 0 Å². The Balaban J connectivity index is 1.62. The highest BCUT2D eigenvalue weighted by molar-refractivity contribution is 7.13. The maximum absolute atomic E-state index is 5.94. The molecule has 0 unspecified atom stereocenters. The van der Waals surface area contributed by atoms with E-state index in [0.717, 1.165) is 29.2 Å². The van der Waals surface area contributed by atoms with E-state index in [4.69, 9.17) is 9.72 Å². The van der Waals surface area contributed by atoms with Gasteiger partial charge in [-0.2, -0.15) is 0 Å². The highest BCUT2D eigenvalue weighted by Crippen LogP contribution is 2.28. The Bertz CT molecular complexity index is 957. The molecule has 2 heterocycles. The van der Waals surface area contributed by atoms with E-state index in [2.05, 4.69) is 59.3 Å². The van der Waals surface area contributed by atoms with Gasteiger partial charge in [0.2, 0.25) is 0 Å². The summed E-state index contributed by atoms with van der Waals surface area (Å²) in [5, 5.41) is 2.09. The maximum Gasteiger partial charge on any atom is 0.151 e. The molecule has 4 rings (SSSR count). The summed E-state index contributed by atoms with van der Waals surface area (Å²) >= 11 is 1.71. The van der Waals surface area contributed by atoms with Crippen LogP contribution in [0.5, 0.6) is 5.75 Å². The first-order chi connectivity index (χ1) is 11.8. The number of fused-ring (bicyclic) bond motifs is 1. The molecule has 0 saturated carbocycles. The van der Waals surface area contributed by atoms with Crippen molar-refractivity contribution < 1.29 is 4.74 Å². The minimum absolute atomic E-state index is 0.613. The molecule has 0 radical (unpaired) electrons. The summed E-state index contributed by atoms with van der Waals surface area (Å²) in [4.78, 5) is 5.99. The fraction of sp³-hybridized carbons (Fsp3) is 0.150. The van der Waals surface area contributed by atoms with Gasteiger partial charge < -0.3 is 9.30 Å². The average Bonchev–Trinajstić information content (AvgIpc) is 3.23. The molecule has 0 atom stereocenters. The van der Waals surface area contributed by atoms with Gasteiger partial charge in [-0.05, 0) is 48.2 Å². The van der Waals surface area contributed by atoms with Crippen molar-refractivity contribution in [3.8, 4) is 16.5 Å². The number of para-hydroxylation sites is 2. The number of aromatic nitrogens is 2. The maximum atomic E-state index is 5.94. The molecule has 0 fully saturated rings. The molecule has 0 N–H and O–H groups in total. The summed E-state index contributed by atoms with van der Waals surface area (Å²) in [5.74, 6) is 1.93. The third-order valence-electron chi connectivity index (χ3n) is 3.97. The van der Waals surface area contributed by atoms with Crippen LogP contribution in [-0.4, -0.2) is 16.2 Å². The van der Waals surface area contributed by atoms with Crippen LogP contribution in [0.25, 0.3) is 21.7 Å². The minimum atomic E-state index is 0.613. The number of imidazole rings is 1. The number of hydrogen-bond donors (Lipinski definition) is 0. The quantitative estimate of drug-likeness (QED) is 0.504. The Labute approximate surface area is 145 Å². The van der Waals surface area contributed by atoms with E-state index in [1.807, 2.05) is 18.2 Å². The molecule has 2 aromatic carbocycles. The minimum Gasteiger partial charge on any atom is -0.492 e. The molecular weight excluding hydrogens is 316 g/mol. The predicted octanol–water partition coefficient (Wildman–Crippen LogP) is 5.15. The van der Waals surface area contributed by atoms with Gasteiger partial charge in [0, 0.05) is 0 Å². The van der Waals surface area contributed by atoms with Crippen molar-refractivity contribution >= 4 is 22.4 Å². The van der Waals surface area contributed by atoms with Gasteiger partial charge in [-0.1, -0.05) is 30.3 Å². The standard InChI is InChI=1S/C20H18N2OS/c1-15-6-4-7-16(14-15)23-12-11-22-18-9-3-2-8-17(18)21-20(22)19-10-5-13-24-19/h2-10,13-14H,11-12H2,1H3. The molecule has 0 amide bonds. The van der Waals surface area contributed by atoms with Crippen LogP contribution in [0.3, 0.4) is 0 Å². The van der Waals surface area contributed by atoms with E-state index in [-0.39, 0.29) is 0 Å². The van der Waals surface area contributed by atoms with Crippen LogP contribution in [0.2, 0.25) is 0 Å². The Morgan fingerprint density at radius 2 is 1.96 bits per heavy atom. The second kappa shape index (κ2) is 6.49. The number of benzene rings is 2. The molecule has 120 valence electrons. The van der Waals surface area contributed by atoms with E-state index in [1.54, 1.807) is 11.3 Å². The summed E-state index contributed by atoms with van der Waals surface area (Å²) < 4.78 is 8.18. The van der Waals surface area contributed by atoms with E-state index < -0.39 is 0 Å². The number of nitrogens with zero attached hydrogens (tertiary/aromatic N) is 2. The van der Waals surface area contributed by atoms with Gasteiger partial charge in [-0.15, -0.1) is 11.3 Å². The molecule has 3 nitrogen and oxygen atoms in total. The summed E-state index contributed by atoms with van der Waals surface area (Å²) in [5.41, 5.74) is 3.38. The monoisotopic (exact) mass is 334 g/mol. The molecule has 4 aromatic rings. The topological polar surface area (TPSA) is 27.1 Å². The number of hydrogen-bond acceptors (Lipinski definition) is 3. The average molecular weight is 334 g/mol. The van der Waals surface area contributed by atoms with Crippen LogP contribution in [0.15, 0.2) is 66.0 Å². The van der Waals surface area contributed by atoms with Crippen LogP contribution in [0, 0.1) is 6.92 Å². The second-order valence-electron chi connectivity index (χ2n) is 5.72. The smallest absolute Gasteiger partial charge is 0.151 e. The molecule has 0 saturated heterocycles. The lowest BCUT2D eigenvalue weighted by atomic mass is 10.2. The van der Waals surface area contributed by atoms with E-state index in [9.17, 15) is 0 Å². The highest BCUT2D eigenvalue weighted by atomic mass is 32.1. The van der Waals surface area contributed by atoms with E-state index in [0.29, 0.717) is 6.61 Å². The third kappa shape index (κ3) is 2.93. The normalized spacial score (nSPS) is 11.0. The zero-order valence-corrected chi connectivity index (χ0v) is 14.3. The summed E-state index contributed by atoms with van der Waals surface area (Å²) in [7, 11) is 0. The molecule has 0 aliphatic carbocycles. The Morgan fingerprint density at radius 1 is 1.04 bits per heavy atom. The van der Waals surface area contributed by atoms with Crippen molar-refractivity contribution in [2.45, 2.75) is 13.5 Å². The van der Waals surface area contributed by atoms with Crippen LogP contribution in [0.4, 0.5) is 0 Å². The lowest BCUT2D eigenvalue weighted by Crippen LogP contribution is -2.09. The van der Waals surface area contributed by atoms with Crippen molar-refractivity contribution in [2.24, 2.45) is 0 Å². The number of aryl methyl sites for hydroxylation is 1. The van der Waals surface area contributed by atoms with Crippen molar-refractivity contribution in [1.82, 2.24) is 9.55 Å². The predicted molar refractivity (Wildman–Crippen MR) is 99.7 cm³/mol. The summed E-state index contributed by atoms with van der Waals surface area (Å²) in [6.45, 7) is 3.45. The fourth-order valence-corrected chi connectivity index (χ4v) is 3.58. The second-order valence-corrected chi connectivity index (χ2v) is 6.67. The fourth-order valence-electron chi connectivity index (χ4n) is 2.86. The van der Waals surface area contributed by atoms with Crippen molar-refractivity contribution in [2.75, 3.05) is 6.61 Å². The number of rotatable bonds is 5.